The van der Waals surface area contributed by atoms with E-state index in [2.05, 4.69) is 15.3 Å². The summed E-state index contributed by atoms with van der Waals surface area (Å²) < 4.78 is 11.2. The molecule has 0 aliphatic carbocycles. The Hall–Kier alpha value is -1.59. The van der Waals surface area contributed by atoms with Crippen LogP contribution in [0, 0.1) is 0 Å². The highest BCUT2D eigenvalue weighted by molar-refractivity contribution is 6.34. The second kappa shape index (κ2) is 6.45. The van der Waals surface area contributed by atoms with Crippen molar-refractivity contribution in [2.75, 3.05) is 20.3 Å². The topological polar surface area (TPSA) is 56.3 Å². The molecule has 2 heterocycles. The van der Waals surface area contributed by atoms with E-state index >= 15 is 0 Å². The van der Waals surface area contributed by atoms with E-state index in [0.717, 1.165) is 23.9 Å². The Bertz CT molecular complexity index is 630. The normalized spacial score (nSPS) is 18.1. The molecule has 2 aromatic rings. The van der Waals surface area contributed by atoms with Gasteiger partial charge in [0.1, 0.15) is 11.5 Å². The molecule has 1 unspecified atom stereocenters. The minimum Gasteiger partial charge on any atom is -0.493 e. The van der Waals surface area contributed by atoms with Crippen LogP contribution in [-0.4, -0.2) is 36.3 Å². The summed E-state index contributed by atoms with van der Waals surface area (Å²) in [5.74, 6) is 1.34. The molecule has 1 aliphatic rings. The van der Waals surface area contributed by atoms with E-state index in [9.17, 15) is 0 Å². The van der Waals surface area contributed by atoms with Gasteiger partial charge in [-0.25, -0.2) is 9.97 Å². The summed E-state index contributed by atoms with van der Waals surface area (Å²) in [5, 5.41) is 4.64. The van der Waals surface area contributed by atoms with Crippen molar-refractivity contribution in [2.45, 2.75) is 25.3 Å². The van der Waals surface area contributed by atoms with E-state index in [1.807, 2.05) is 12.1 Å². The number of rotatable bonds is 5. The number of nitrogens with one attached hydrogen (secondary N) is 1. The maximum atomic E-state index is 6.07. The lowest BCUT2D eigenvalue weighted by atomic mass is 10.2. The third-order valence-electron chi connectivity index (χ3n) is 3.76. The molecule has 6 heteroatoms. The van der Waals surface area contributed by atoms with Gasteiger partial charge in [0.25, 0.3) is 0 Å². The highest BCUT2D eigenvalue weighted by atomic mass is 35.5. The number of aromatic nitrogens is 2. The Labute approximate surface area is 128 Å². The highest BCUT2D eigenvalue weighted by Gasteiger charge is 2.15. The van der Waals surface area contributed by atoms with E-state index in [0.29, 0.717) is 29.3 Å². The molecule has 0 saturated carbocycles. The fourth-order valence-electron chi connectivity index (χ4n) is 2.62. The molecular weight excluding hydrogens is 290 g/mol. The van der Waals surface area contributed by atoms with Gasteiger partial charge < -0.3 is 14.8 Å². The number of hydrogen-bond acceptors (Lipinski definition) is 5. The van der Waals surface area contributed by atoms with Crippen LogP contribution in [0.3, 0.4) is 0 Å². The highest BCUT2D eigenvalue weighted by Crippen LogP contribution is 2.33. The van der Waals surface area contributed by atoms with Crippen molar-refractivity contribution in [2.24, 2.45) is 0 Å². The number of halogens is 1. The summed E-state index contributed by atoms with van der Waals surface area (Å²) in [4.78, 5) is 8.20. The average Bonchev–Trinajstić information content (AvgIpc) is 3.00. The van der Waals surface area contributed by atoms with Crippen LogP contribution in [0.4, 0.5) is 0 Å². The van der Waals surface area contributed by atoms with Gasteiger partial charge in [-0.3, -0.25) is 0 Å². The smallest absolute Gasteiger partial charge is 0.163 e. The fraction of sp³-hybridized carbons (Fsp3) is 0.467. The third-order valence-corrected chi connectivity index (χ3v) is 4.06. The van der Waals surface area contributed by atoms with E-state index in [-0.39, 0.29) is 0 Å². The zero-order valence-electron chi connectivity index (χ0n) is 11.9. The molecule has 1 fully saturated rings. The number of fused-ring (bicyclic) bond motifs is 1. The van der Waals surface area contributed by atoms with Gasteiger partial charge in [0.2, 0.25) is 0 Å². The molecule has 1 aromatic heterocycles. The van der Waals surface area contributed by atoms with E-state index in [1.165, 1.54) is 19.2 Å². The second-order valence-electron chi connectivity index (χ2n) is 5.12. The molecule has 112 valence electrons. The molecule has 21 heavy (non-hydrogen) atoms. The second-order valence-corrected chi connectivity index (χ2v) is 5.47. The Kier molecular flexibility index (Phi) is 4.41. The Morgan fingerprint density at radius 3 is 3.00 bits per heavy atom. The largest absolute Gasteiger partial charge is 0.493 e. The summed E-state index contributed by atoms with van der Waals surface area (Å²) in [6, 6.07) is 4.23. The first-order valence-electron chi connectivity index (χ1n) is 7.12. The van der Waals surface area contributed by atoms with E-state index in [4.69, 9.17) is 21.1 Å². The maximum absolute atomic E-state index is 6.07. The van der Waals surface area contributed by atoms with E-state index < -0.39 is 0 Å². The van der Waals surface area contributed by atoms with Crippen molar-refractivity contribution in [3.05, 3.63) is 23.6 Å². The van der Waals surface area contributed by atoms with Crippen LogP contribution < -0.4 is 14.8 Å². The Morgan fingerprint density at radius 2 is 2.24 bits per heavy atom. The van der Waals surface area contributed by atoms with Crippen LogP contribution in [0.25, 0.3) is 10.9 Å². The Balaban J connectivity index is 1.76. The van der Waals surface area contributed by atoms with Crippen molar-refractivity contribution in [1.82, 2.24) is 15.3 Å². The minimum atomic E-state index is 0.417. The van der Waals surface area contributed by atoms with Crippen LogP contribution in [0.1, 0.15) is 19.3 Å². The van der Waals surface area contributed by atoms with Crippen LogP contribution in [0.5, 0.6) is 11.5 Å². The predicted octanol–water partition coefficient (Wildman–Crippen LogP) is 2.81. The third kappa shape index (κ3) is 3.19. The SMILES string of the molecule is COc1cc2c(Cl)ncnc2cc1OCCC1CCCN1. The first-order valence-corrected chi connectivity index (χ1v) is 7.50. The fourth-order valence-corrected chi connectivity index (χ4v) is 2.81. The van der Waals surface area contributed by atoms with Gasteiger partial charge in [-0.15, -0.1) is 0 Å². The molecule has 0 spiro atoms. The van der Waals surface area contributed by atoms with Crippen molar-refractivity contribution >= 4 is 22.5 Å². The van der Waals surface area contributed by atoms with Crippen molar-refractivity contribution in [1.29, 1.82) is 0 Å². The summed E-state index contributed by atoms with van der Waals surface area (Å²) >= 11 is 6.07. The lowest BCUT2D eigenvalue weighted by Crippen LogP contribution is -2.23. The average molecular weight is 308 g/mol. The van der Waals surface area contributed by atoms with Crippen molar-refractivity contribution < 1.29 is 9.47 Å². The minimum absolute atomic E-state index is 0.417. The summed E-state index contributed by atoms with van der Waals surface area (Å²) in [6.07, 6.45) is 4.91. The molecule has 5 nitrogen and oxygen atoms in total. The number of hydrogen-bond donors (Lipinski definition) is 1. The van der Waals surface area contributed by atoms with Crippen LogP contribution in [0.15, 0.2) is 18.5 Å². The summed E-state index contributed by atoms with van der Waals surface area (Å²) in [6.45, 7) is 1.76. The number of ether oxygens (including phenoxy) is 2. The zero-order chi connectivity index (χ0) is 14.7. The van der Waals surface area contributed by atoms with Crippen molar-refractivity contribution in [3.63, 3.8) is 0 Å². The monoisotopic (exact) mass is 307 g/mol. The lowest BCUT2D eigenvalue weighted by molar-refractivity contribution is 0.276. The molecule has 1 saturated heterocycles. The molecule has 1 aromatic carbocycles. The lowest BCUT2D eigenvalue weighted by Gasteiger charge is -2.14. The van der Waals surface area contributed by atoms with Gasteiger partial charge in [0.15, 0.2) is 11.5 Å². The van der Waals surface area contributed by atoms with Gasteiger partial charge in [0, 0.05) is 17.5 Å². The van der Waals surface area contributed by atoms with Crippen molar-refractivity contribution in [3.8, 4) is 11.5 Å². The quantitative estimate of drug-likeness (QED) is 0.861. The summed E-state index contributed by atoms with van der Waals surface area (Å²) in [7, 11) is 1.62. The first-order chi connectivity index (χ1) is 10.3. The van der Waals surface area contributed by atoms with Gasteiger partial charge in [-0.1, -0.05) is 11.6 Å². The maximum Gasteiger partial charge on any atom is 0.163 e. The van der Waals surface area contributed by atoms with Crippen LogP contribution >= 0.6 is 11.6 Å². The van der Waals surface area contributed by atoms with E-state index in [1.54, 1.807) is 7.11 Å². The molecule has 0 radical (unpaired) electrons. The molecular formula is C15H18ClN3O2. The standard InChI is InChI=1S/C15H18ClN3O2/c1-20-13-7-11-12(18-9-19-15(11)16)8-14(13)21-6-4-10-3-2-5-17-10/h7-10,17H,2-6H2,1H3. The number of benzene rings is 1. The van der Waals surface area contributed by atoms with Gasteiger partial charge >= 0.3 is 0 Å². The summed E-state index contributed by atoms with van der Waals surface area (Å²) in [5.41, 5.74) is 0.754. The van der Waals surface area contributed by atoms with Crippen LogP contribution in [-0.2, 0) is 0 Å². The molecule has 1 atom stereocenters. The number of nitrogens with zero attached hydrogens (tertiary/aromatic N) is 2. The van der Waals surface area contributed by atoms with Gasteiger partial charge in [-0.2, -0.15) is 0 Å². The van der Waals surface area contributed by atoms with Gasteiger partial charge in [-0.05, 0) is 31.9 Å². The molecule has 1 N–H and O–H groups in total. The molecule has 0 amide bonds. The predicted molar refractivity (Wildman–Crippen MR) is 82.2 cm³/mol. The molecule has 1 aliphatic heterocycles. The van der Waals surface area contributed by atoms with Crippen LogP contribution in [0.2, 0.25) is 5.15 Å². The molecule has 0 bridgehead atoms. The molecule has 3 rings (SSSR count). The first kappa shape index (κ1) is 14.4. The van der Waals surface area contributed by atoms with Gasteiger partial charge in [0.05, 0.1) is 19.2 Å². The Morgan fingerprint density at radius 1 is 1.33 bits per heavy atom. The zero-order valence-corrected chi connectivity index (χ0v) is 12.7. The number of methoxy groups -OCH3 is 1.